The van der Waals surface area contributed by atoms with Crippen molar-refractivity contribution in [1.82, 2.24) is 0 Å². The van der Waals surface area contributed by atoms with E-state index in [1.54, 1.807) is 0 Å². The molecule has 1 aromatic carbocycles. The molecule has 1 aromatic rings. The number of carboxylic acid groups (broad SMARTS) is 1. The summed E-state index contributed by atoms with van der Waals surface area (Å²) in [6.45, 7) is 0. The first-order chi connectivity index (χ1) is 7.51. The van der Waals surface area contributed by atoms with Gasteiger partial charge in [0.2, 0.25) is 0 Å². The van der Waals surface area contributed by atoms with Crippen molar-refractivity contribution in [1.29, 1.82) is 0 Å². The fourth-order valence-corrected chi connectivity index (χ4v) is 1.56. The Bertz CT molecular complexity index is 408. The number of hydrogen-bond donors (Lipinski definition) is 2. The Morgan fingerprint density at radius 2 is 2.06 bits per heavy atom. The number of hydrogen-bond acceptors (Lipinski definition) is 4. The maximum absolute atomic E-state index is 10.7. The lowest BCUT2D eigenvalue weighted by atomic mass is 10.1. The molecule has 3 N–H and O–H groups in total. The quantitative estimate of drug-likeness (QED) is 0.839. The van der Waals surface area contributed by atoms with Crippen LogP contribution in [0, 0.1) is 0 Å². The average Bonchev–Trinajstić information content (AvgIpc) is 2.26. The number of ether oxygens (including phenoxy) is 2. The number of carboxylic acids is 1. The van der Waals surface area contributed by atoms with E-state index in [9.17, 15) is 4.79 Å². The van der Waals surface area contributed by atoms with E-state index in [4.69, 9.17) is 31.9 Å². The molecular formula is C10H12ClNO4. The second-order valence-corrected chi connectivity index (χ2v) is 3.46. The van der Waals surface area contributed by atoms with Gasteiger partial charge in [0.25, 0.3) is 0 Å². The van der Waals surface area contributed by atoms with Crippen LogP contribution < -0.4 is 15.2 Å². The van der Waals surface area contributed by atoms with Crippen LogP contribution in [0.1, 0.15) is 11.6 Å². The molecule has 0 bridgehead atoms. The van der Waals surface area contributed by atoms with Crippen molar-refractivity contribution in [2.45, 2.75) is 6.04 Å². The maximum atomic E-state index is 10.7. The van der Waals surface area contributed by atoms with Gasteiger partial charge in [-0.15, -0.1) is 0 Å². The highest BCUT2D eigenvalue weighted by molar-refractivity contribution is 6.32. The van der Waals surface area contributed by atoms with Crippen molar-refractivity contribution >= 4 is 17.6 Å². The zero-order chi connectivity index (χ0) is 12.3. The molecule has 0 aromatic heterocycles. The number of halogens is 1. The molecule has 0 heterocycles. The van der Waals surface area contributed by atoms with Crippen LogP contribution in [0.5, 0.6) is 11.5 Å². The molecule has 0 aliphatic carbocycles. The Morgan fingerprint density at radius 1 is 1.44 bits per heavy atom. The first-order valence-corrected chi connectivity index (χ1v) is 4.78. The highest BCUT2D eigenvalue weighted by Crippen LogP contribution is 2.37. The molecule has 0 fully saturated rings. The second kappa shape index (κ2) is 5.05. The van der Waals surface area contributed by atoms with Crippen molar-refractivity contribution in [3.05, 3.63) is 22.7 Å². The average molecular weight is 246 g/mol. The molecule has 1 rings (SSSR count). The van der Waals surface area contributed by atoms with Gasteiger partial charge in [-0.25, -0.2) is 0 Å². The Balaban J connectivity index is 3.25. The van der Waals surface area contributed by atoms with Gasteiger partial charge in [0.05, 0.1) is 19.2 Å². The summed E-state index contributed by atoms with van der Waals surface area (Å²) < 4.78 is 10.0. The van der Waals surface area contributed by atoms with Gasteiger partial charge in [0.1, 0.15) is 6.04 Å². The lowest BCUT2D eigenvalue weighted by Gasteiger charge is -2.13. The number of rotatable bonds is 4. The third-order valence-corrected chi connectivity index (χ3v) is 2.36. The molecule has 0 aliphatic rings. The van der Waals surface area contributed by atoms with Gasteiger partial charge < -0.3 is 20.3 Å². The molecular weight excluding hydrogens is 234 g/mol. The molecule has 5 nitrogen and oxygen atoms in total. The predicted octanol–water partition coefficient (Wildman–Crippen LogP) is 1.44. The monoisotopic (exact) mass is 245 g/mol. The molecule has 0 saturated carbocycles. The van der Waals surface area contributed by atoms with E-state index in [1.807, 2.05) is 0 Å². The zero-order valence-electron chi connectivity index (χ0n) is 8.86. The second-order valence-electron chi connectivity index (χ2n) is 3.05. The van der Waals surface area contributed by atoms with Gasteiger partial charge in [0.15, 0.2) is 11.5 Å². The van der Waals surface area contributed by atoms with Gasteiger partial charge >= 0.3 is 5.97 Å². The van der Waals surface area contributed by atoms with E-state index >= 15 is 0 Å². The molecule has 0 aliphatic heterocycles. The summed E-state index contributed by atoms with van der Waals surface area (Å²) >= 11 is 5.91. The molecule has 1 unspecified atom stereocenters. The van der Waals surface area contributed by atoms with E-state index in [0.717, 1.165) is 0 Å². The normalized spacial score (nSPS) is 12.0. The van der Waals surface area contributed by atoms with E-state index in [0.29, 0.717) is 17.1 Å². The molecule has 16 heavy (non-hydrogen) atoms. The molecule has 0 amide bonds. The van der Waals surface area contributed by atoms with E-state index < -0.39 is 12.0 Å². The summed E-state index contributed by atoms with van der Waals surface area (Å²) in [5.74, 6) is -0.435. The lowest BCUT2D eigenvalue weighted by molar-refractivity contribution is -0.138. The van der Waals surface area contributed by atoms with Crippen LogP contribution in [0.15, 0.2) is 12.1 Å². The van der Waals surface area contributed by atoms with Crippen LogP contribution in [0.2, 0.25) is 5.02 Å². The largest absolute Gasteiger partial charge is 0.493 e. The topological polar surface area (TPSA) is 81.8 Å². The summed E-state index contributed by atoms with van der Waals surface area (Å²) in [6, 6.07) is 1.79. The van der Waals surface area contributed by atoms with Gasteiger partial charge in [-0.1, -0.05) is 11.6 Å². The van der Waals surface area contributed by atoms with Crippen molar-refractivity contribution in [3.63, 3.8) is 0 Å². The van der Waals surface area contributed by atoms with Crippen LogP contribution >= 0.6 is 11.6 Å². The summed E-state index contributed by atoms with van der Waals surface area (Å²) in [5, 5.41) is 9.03. The molecule has 0 radical (unpaired) electrons. The van der Waals surface area contributed by atoms with Crippen molar-refractivity contribution < 1.29 is 19.4 Å². The predicted molar refractivity (Wildman–Crippen MR) is 59.1 cm³/mol. The number of aliphatic carboxylic acids is 1. The smallest absolute Gasteiger partial charge is 0.325 e. The summed E-state index contributed by atoms with van der Waals surface area (Å²) in [4.78, 5) is 10.7. The van der Waals surface area contributed by atoms with Crippen molar-refractivity contribution in [2.75, 3.05) is 14.2 Å². The third-order valence-electron chi connectivity index (χ3n) is 2.08. The van der Waals surface area contributed by atoms with Crippen LogP contribution in [0.3, 0.4) is 0 Å². The van der Waals surface area contributed by atoms with Gasteiger partial charge in [0, 0.05) is 0 Å². The first-order valence-electron chi connectivity index (χ1n) is 4.41. The van der Waals surface area contributed by atoms with Crippen molar-refractivity contribution in [3.8, 4) is 11.5 Å². The lowest BCUT2D eigenvalue weighted by Crippen LogP contribution is -2.20. The van der Waals surface area contributed by atoms with Crippen molar-refractivity contribution in [2.24, 2.45) is 5.73 Å². The molecule has 6 heteroatoms. The minimum absolute atomic E-state index is 0.258. The Hall–Kier alpha value is -1.46. The van der Waals surface area contributed by atoms with E-state index in [-0.39, 0.29) is 5.02 Å². The standard InChI is InChI=1S/C10H12ClNO4/c1-15-7-4-5(8(12)10(13)14)3-6(11)9(7)16-2/h3-4,8H,12H2,1-2H3,(H,13,14). The molecule has 88 valence electrons. The van der Waals surface area contributed by atoms with E-state index in [2.05, 4.69) is 0 Å². The third kappa shape index (κ3) is 2.37. The highest BCUT2D eigenvalue weighted by Gasteiger charge is 2.19. The van der Waals surface area contributed by atoms with Gasteiger partial charge in [-0.2, -0.15) is 0 Å². The first kappa shape index (κ1) is 12.6. The van der Waals surface area contributed by atoms with E-state index in [1.165, 1.54) is 26.4 Å². The Kier molecular flexibility index (Phi) is 3.98. The minimum Gasteiger partial charge on any atom is -0.493 e. The maximum Gasteiger partial charge on any atom is 0.325 e. The Labute approximate surface area is 97.7 Å². The van der Waals surface area contributed by atoms with Gasteiger partial charge in [-0.05, 0) is 17.7 Å². The number of methoxy groups -OCH3 is 2. The minimum atomic E-state index is -1.14. The summed E-state index contributed by atoms with van der Waals surface area (Å²) in [5.41, 5.74) is 5.82. The Morgan fingerprint density at radius 3 is 2.50 bits per heavy atom. The van der Waals surface area contributed by atoms with Crippen LogP contribution in [-0.4, -0.2) is 25.3 Å². The molecule has 0 saturated heterocycles. The zero-order valence-corrected chi connectivity index (χ0v) is 9.62. The van der Waals surface area contributed by atoms with Crippen LogP contribution in [-0.2, 0) is 4.79 Å². The SMILES string of the molecule is COc1cc(C(N)C(=O)O)cc(Cl)c1OC. The highest BCUT2D eigenvalue weighted by atomic mass is 35.5. The fraction of sp³-hybridized carbons (Fsp3) is 0.300. The number of carbonyl (C=O) groups is 1. The summed E-state index contributed by atoms with van der Waals surface area (Å²) in [6.07, 6.45) is 0. The van der Waals surface area contributed by atoms with Crippen LogP contribution in [0.4, 0.5) is 0 Å². The number of benzene rings is 1. The fourth-order valence-electron chi connectivity index (χ4n) is 1.26. The number of nitrogens with two attached hydrogens (primary N) is 1. The summed E-state index contributed by atoms with van der Waals surface area (Å²) in [7, 11) is 2.88. The molecule has 1 atom stereocenters. The molecule has 0 spiro atoms. The van der Waals surface area contributed by atoms with Crippen LogP contribution in [0.25, 0.3) is 0 Å². The van der Waals surface area contributed by atoms with Gasteiger partial charge in [-0.3, -0.25) is 4.79 Å².